The molecule has 1 aromatic heterocycles. The van der Waals surface area contributed by atoms with Gasteiger partial charge in [0.1, 0.15) is 11.3 Å². The number of benzene rings is 1. The highest BCUT2D eigenvalue weighted by Gasteiger charge is 2.32. The van der Waals surface area contributed by atoms with Gasteiger partial charge in [0.25, 0.3) is 0 Å². The van der Waals surface area contributed by atoms with Crippen LogP contribution in [0.15, 0.2) is 12.1 Å². The lowest BCUT2D eigenvalue weighted by atomic mass is 10.1. The Morgan fingerprint density at radius 2 is 2.25 bits per heavy atom. The molecule has 1 aliphatic heterocycles. The monoisotopic (exact) mass is 316 g/mol. The molecule has 20 heavy (non-hydrogen) atoms. The quantitative estimate of drug-likeness (QED) is 0.784. The van der Waals surface area contributed by atoms with Crippen molar-refractivity contribution in [3.05, 3.63) is 29.6 Å². The molecule has 0 N–H and O–H groups in total. The maximum atomic E-state index is 14.1. The fourth-order valence-electron chi connectivity index (χ4n) is 2.77. The maximum Gasteiger partial charge on any atom is 0.184 e. The highest BCUT2D eigenvalue weighted by atomic mass is 35.5. The number of hydrogen-bond acceptors (Lipinski definition) is 2. The van der Waals surface area contributed by atoms with Crippen molar-refractivity contribution in [1.29, 1.82) is 0 Å². The Kier molecular flexibility index (Phi) is 3.67. The second-order valence-corrected chi connectivity index (χ2v) is 7.33. The first kappa shape index (κ1) is 14.1. The number of alkyl halides is 1. The molecule has 0 aliphatic carbocycles. The summed E-state index contributed by atoms with van der Waals surface area (Å²) in [5.41, 5.74) is 0.695. The van der Waals surface area contributed by atoms with Gasteiger partial charge >= 0.3 is 0 Å². The number of aromatic nitrogens is 2. The summed E-state index contributed by atoms with van der Waals surface area (Å²) in [6.07, 6.45) is 2.22. The molecule has 3 rings (SSSR count). The van der Waals surface area contributed by atoms with Gasteiger partial charge in [0.05, 0.1) is 11.4 Å². The zero-order chi connectivity index (χ0) is 14.3. The molecule has 2 nitrogen and oxygen atoms in total. The number of imidazole rings is 1. The molecule has 0 radical (unpaired) electrons. The Morgan fingerprint density at radius 1 is 1.45 bits per heavy atom. The lowest BCUT2D eigenvalue weighted by Crippen LogP contribution is -2.25. The number of halogens is 3. The first-order valence-corrected chi connectivity index (χ1v) is 8.09. The Labute approximate surface area is 125 Å². The molecule has 2 heterocycles. The van der Waals surface area contributed by atoms with E-state index in [1.54, 1.807) is 4.57 Å². The van der Waals surface area contributed by atoms with Gasteiger partial charge in [0.2, 0.25) is 0 Å². The van der Waals surface area contributed by atoms with E-state index in [1.165, 1.54) is 6.07 Å². The summed E-state index contributed by atoms with van der Waals surface area (Å²) in [6, 6.07) is 2.61. The normalized spacial score (nSPS) is 22.8. The zero-order valence-corrected chi connectivity index (χ0v) is 12.7. The molecule has 1 aliphatic rings. The van der Waals surface area contributed by atoms with E-state index in [2.05, 4.69) is 11.9 Å². The molecule has 0 saturated carbocycles. The van der Waals surface area contributed by atoms with Crippen LogP contribution in [0.1, 0.15) is 25.6 Å². The summed E-state index contributed by atoms with van der Waals surface area (Å²) < 4.78 is 29.4. The summed E-state index contributed by atoms with van der Waals surface area (Å²) in [7, 11) is 0. The Bertz CT molecular complexity index is 650. The van der Waals surface area contributed by atoms with Gasteiger partial charge in [-0.1, -0.05) is 0 Å². The fraction of sp³-hybridized carbons (Fsp3) is 0.500. The predicted molar refractivity (Wildman–Crippen MR) is 79.3 cm³/mol. The van der Waals surface area contributed by atoms with Gasteiger partial charge in [-0.3, -0.25) is 0 Å². The van der Waals surface area contributed by atoms with Crippen LogP contribution in [0.25, 0.3) is 11.0 Å². The minimum absolute atomic E-state index is 0.0349. The Balaban J connectivity index is 2.14. The molecule has 1 atom stereocenters. The minimum Gasteiger partial charge on any atom is -0.323 e. The third-order valence-electron chi connectivity index (χ3n) is 3.79. The van der Waals surface area contributed by atoms with Crippen LogP contribution in [0, 0.1) is 11.6 Å². The summed E-state index contributed by atoms with van der Waals surface area (Å²) in [5.74, 6) is 0.217. The minimum atomic E-state index is -0.844. The molecular weight excluding hydrogens is 302 g/mol. The standard InChI is InChI=1S/C14H15ClF2N2S/c1-14(5-2-6-20-14)8-19-11(7-15)18-10-4-3-9(16)12(17)13(10)19/h3-4H,2,5-8H2,1H3. The molecule has 2 aromatic rings. The predicted octanol–water partition coefficient (Wildman–Crippen LogP) is 4.34. The van der Waals surface area contributed by atoms with Gasteiger partial charge in [-0.25, -0.2) is 13.8 Å². The number of thioether (sulfide) groups is 1. The van der Waals surface area contributed by atoms with E-state index in [9.17, 15) is 8.78 Å². The van der Waals surface area contributed by atoms with Gasteiger partial charge in [-0.05, 0) is 37.7 Å². The third kappa shape index (κ3) is 2.31. The van der Waals surface area contributed by atoms with Crippen molar-refractivity contribution in [2.75, 3.05) is 5.75 Å². The highest BCUT2D eigenvalue weighted by Crippen LogP contribution is 2.40. The maximum absolute atomic E-state index is 14.1. The van der Waals surface area contributed by atoms with Crippen molar-refractivity contribution in [3.8, 4) is 0 Å². The van der Waals surface area contributed by atoms with Crippen LogP contribution in [-0.2, 0) is 12.4 Å². The van der Waals surface area contributed by atoms with Crippen LogP contribution in [-0.4, -0.2) is 20.1 Å². The van der Waals surface area contributed by atoms with E-state index in [0.717, 1.165) is 24.7 Å². The first-order chi connectivity index (χ1) is 9.54. The third-order valence-corrected chi connectivity index (χ3v) is 5.55. The molecule has 1 unspecified atom stereocenters. The zero-order valence-electron chi connectivity index (χ0n) is 11.1. The second kappa shape index (κ2) is 5.19. The van der Waals surface area contributed by atoms with Gasteiger partial charge in [0.15, 0.2) is 11.6 Å². The van der Waals surface area contributed by atoms with E-state index in [-0.39, 0.29) is 16.1 Å². The van der Waals surface area contributed by atoms with Gasteiger partial charge < -0.3 is 4.57 Å². The van der Waals surface area contributed by atoms with Crippen molar-refractivity contribution in [2.45, 2.75) is 36.9 Å². The van der Waals surface area contributed by atoms with Crippen LogP contribution in [0.4, 0.5) is 8.78 Å². The Hall–Kier alpha value is -0.810. The molecule has 0 amide bonds. The van der Waals surface area contributed by atoms with Crippen LogP contribution >= 0.6 is 23.4 Å². The first-order valence-electron chi connectivity index (χ1n) is 6.57. The summed E-state index contributed by atoms with van der Waals surface area (Å²) in [5, 5.41) is 0. The SMILES string of the molecule is CC1(Cn2c(CCl)nc3ccc(F)c(F)c32)CCCS1. The molecule has 1 aromatic carbocycles. The van der Waals surface area contributed by atoms with Gasteiger partial charge in [-0.15, -0.1) is 11.6 Å². The van der Waals surface area contributed by atoms with Crippen molar-refractivity contribution in [1.82, 2.24) is 9.55 Å². The van der Waals surface area contributed by atoms with Crippen molar-refractivity contribution in [3.63, 3.8) is 0 Å². The smallest absolute Gasteiger partial charge is 0.184 e. The van der Waals surface area contributed by atoms with E-state index in [1.807, 2.05) is 11.8 Å². The molecule has 0 spiro atoms. The van der Waals surface area contributed by atoms with E-state index >= 15 is 0 Å². The van der Waals surface area contributed by atoms with Gasteiger partial charge in [0, 0.05) is 11.3 Å². The van der Waals surface area contributed by atoms with Crippen molar-refractivity contribution in [2.24, 2.45) is 0 Å². The molecule has 108 valence electrons. The second-order valence-electron chi connectivity index (χ2n) is 5.38. The number of fused-ring (bicyclic) bond motifs is 1. The molecular formula is C14H15ClF2N2S. The lowest BCUT2D eigenvalue weighted by molar-refractivity contribution is 0.488. The van der Waals surface area contributed by atoms with E-state index < -0.39 is 11.6 Å². The van der Waals surface area contributed by atoms with Crippen molar-refractivity contribution < 1.29 is 8.78 Å². The average Bonchev–Trinajstić information content (AvgIpc) is 2.99. The van der Waals surface area contributed by atoms with E-state index in [4.69, 9.17) is 11.6 Å². The van der Waals surface area contributed by atoms with Crippen LogP contribution in [0.5, 0.6) is 0 Å². The van der Waals surface area contributed by atoms with E-state index in [0.29, 0.717) is 17.9 Å². The van der Waals surface area contributed by atoms with Crippen molar-refractivity contribution >= 4 is 34.4 Å². The van der Waals surface area contributed by atoms with Gasteiger partial charge in [-0.2, -0.15) is 11.8 Å². The fourth-order valence-corrected chi connectivity index (χ4v) is 4.27. The number of nitrogens with zero attached hydrogens (tertiary/aromatic N) is 2. The molecule has 6 heteroatoms. The lowest BCUT2D eigenvalue weighted by Gasteiger charge is -2.24. The number of hydrogen-bond donors (Lipinski definition) is 0. The molecule has 0 bridgehead atoms. The largest absolute Gasteiger partial charge is 0.323 e. The number of rotatable bonds is 3. The Morgan fingerprint density at radius 3 is 2.90 bits per heavy atom. The average molecular weight is 317 g/mol. The molecule has 1 fully saturated rings. The highest BCUT2D eigenvalue weighted by molar-refractivity contribution is 8.00. The van der Waals surface area contributed by atoms with Crippen LogP contribution in [0.3, 0.4) is 0 Å². The van der Waals surface area contributed by atoms with Crippen LogP contribution < -0.4 is 0 Å². The summed E-state index contributed by atoms with van der Waals surface area (Å²) >= 11 is 7.79. The van der Waals surface area contributed by atoms with Crippen LogP contribution in [0.2, 0.25) is 0 Å². The summed E-state index contributed by atoms with van der Waals surface area (Å²) in [4.78, 5) is 4.32. The molecule has 1 saturated heterocycles. The summed E-state index contributed by atoms with van der Waals surface area (Å²) in [6.45, 7) is 2.77. The topological polar surface area (TPSA) is 17.8 Å².